The van der Waals surface area contributed by atoms with E-state index in [2.05, 4.69) is 0 Å². The molecule has 0 saturated heterocycles. The Balaban J connectivity index is 0.000000318. The molecule has 0 fully saturated rings. The van der Waals surface area contributed by atoms with E-state index in [1.165, 1.54) is 0 Å². The Hall–Kier alpha value is -0.821. The van der Waals surface area contributed by atoms with Crippen LogP contribution in [0.3, 0.4) is 0 Å². The molecule has 0 amide bonds. The molecule has 0 aromatic heterocycles. The normalized spacial score (nSPS) is 10.6. The molecule has 0 aliphatic carbocycles. The Bertz CT molecular complexity index is 345. The molecule has 1 nitrogen and oxygen atoms in total. The van der Waals surface area contributed by atoms with Crippen LogP contribution in [0.5, 0.6) is 0 Å². The van der Waals surface area contributed by atoms with E-state index < -0.39 is 5.38 Å². The number of hydrogen-bond acceptors (Lipinski definition) is 1. The molecule has 0 saturated carbocycles. The minimum Gasteiger partial charge on any atom is -0.748 e. The van der Waals surface area contributed by atoms with Crippen molar-refractivity contribution in [3.8, 4) is 0 Å². The summed E-state index contributed by atoms with van der Waals surface area (Å²) in [6.07, 6.45) is 0. The van der Waals surface area contributed by atoms with Crippen LogP contribution in [-0.4, -0.2) is 11.2 Å². The molecule has 0 aliphatic rings. The maximum absolute atomic E-state index is 11.1. The van der Waals surface area contributed by atoms with Gasteiger partial charge in [-0.25, -0.2) is 12.1 Å². The first-order chi connectivity index (χ1) is 7.22. The van der Waals surface area contributed by atoms with Gasteiger partial charge in [-0.3, -0.25) is 0 Å². The number of carbonyl (C=O) groups excluding carboxylic acids is 1. The predicted molar refractivity (Wildman–Crippen MR) is 63.7 cm³/mol. The van der Waals surface area contributed by atoms with E-state index in [-0.39, 0.29) is 22.9 Å². The molecule has 0 bridgehead atoms. The summed E-state index contributed by atoms with van der Waals surface area (Å²) in [5.74, 6) is -0.00772. The Morgan fingerprint density at radius 1 is 1.12 bits per heavy atom. The van der Waals surface area contributed by atoms with Crippen molar-refractivity contribution >= 4 is 17.4 Å². The van der Waals surface area contributed by atoms with E-state index in [0.717, 1.165) is 0 Å². The third-order valence-electron chi connectivity index (χ3n) is 1.86. The van der Waals surface area contributed by atoms with Crippen LogP contribution in [0.4, 0.5) is 0 Å². The van der Waals surface area contributed by atoms with Gasteiger partial charge < -0.3 is 35.1 Å². The average Bonchev–Trinajstić information content (AvgIpc) is 2.92. The smallest absolute Gasteiger partial charge is 0.126 e. The second-order valence-electron chi connectivity index (χ2n) is 3.12. The van der Waals surface area contributed by atoms with Gasteiger partial charge in [0.05, 0.1) is 5.38 Å². The molecule has 2 aromatic carbocycles. The van der Waals surface area contributed by atoms with Gasteiger partial charge in [0.1, 0.15) is 5.78 Å². The first-order valence-electron chi connectivity index (χ1n) is 4.78. The molecule has 0 heterocycles. The van der Waals surface area contributed by atoms with Crippen LogP contribution in [0.15, 0.2) is 54.6 Å². The van der Waals surface area contributed by atoms with Gasteiger partial charge in [-0.2, -0.15) is 12.1 Å². The maximum atomic E-state index is 11.1. The third-order valence-corrected chi connectivity index (χ3v) is 2.06. The Morgan fingerprint density at radius 2 is 1.50 bits per heavy atom. The van der Waals surface area contributed by atoms with Crippen molar-refractivity contribution in [2.24, 2.45) is 0 Å². The quantitative estimate of drug-likeness (QED) is 0.354. The second-order valence-corrected chi connectivity index (χ2v) is 3.77. The molecule has 3 heteroatoms. The van der Waals surface area contributed by atoms with Gasteiger partial charge in [0, 0.05) is 17.1 Å². The summed E-state index contributed by atoms with van der Waals surface area (Å²) in [4.78, 5) is 11.1. The van der Waals surface area contributed by atoms with Gasteiger partial charge in [0.2, 0.25) is 0 Å². The summed E-state index contributed by atoms with van der Waals surface area (Å²) in [7, 11) is 0. The van der Waals surface area contributed by atoms with E-state index in [0.29, 0.717) is 5.56 Å². The van der Waals surface area contributed by atoms with Gasteiger partial charge in [0.15, 0.2) is 0 Å². The minimum absolute atomic E-state index is 0. The number of alkyl halides is 1. The average molecular weight is 277 g/mol. The fourth-order valence-corrected chi connectivity index (χ4v) is 1.21. The van der Waals surface area contributed by atoms with Crippen molar-refractivity contribution in [2.45, 2.75) is 12.3 Å². The fraction of sp³-hybridized carbons (Fsp3) is 0.154. The summed E-state index contributed by atoms with van der Waals surface area (Å²) in [5.41, 5.74) is 0.697. The molecule has 2 rings (SSSR count). The van der Waals surface area contributed by atoms with Crippen molar-refractivity contribution < 1.29 is 21.9 Å². The molecule has 16 heavy (non-hydrogen) atoms. The van der Waals surface area contributed by atoms with Crippen LogP contribution in [0.1, 0.15) is 17.3 Å². The monoisotopic (exact) mass is 276 g/mol. The molecule has 92 valence electrons. The molecule has 2 aromatic rings. The number of Topliss-reactive ketones (excluding diaryl/α,β-unsaturated/α-hetero) is 1. The van der Waals surface area contributed by atoms with Crippen LogP contribution in [0, 0.1) is 0 Å². The standard InChI is InChI=1S/C8H8ClO.C5H5.Fe/c1-6(9)8(10)7-4-2-3-5-7;1-2-4-5-3-1;/h2-6H,1H3;1-5H;/q-1;-5;. The van der Waals surface area contributed by atoms with E-state index in [9.17, 15) is 4.79 Å². The number of ketones is 1. The van der Waals surface area contributed by atoms with Gasteiger partial charge in [0.25, 0.3) is 0 Å². The zero-order valence-corrected chi connectivity index (χ0v) is 10.8. The zero-order chi connectivity index (χ0) is 11.1. The van der Waals surface area contributed by atoms with E-state index in [1.807, 2.05) is 42.5 Å². The molecular weight excluding hydrogens is 263 g/mol. The Labute approximate surface area is 112 Å². The second kappa shape index (κ2) is 8.35. The van der Waals surface area contributed by atoms with Gasteiger partial charge >= 0.3 is 0 Å². The number of hydrogen-bond donors (Lipinski definition) is 0. The van der Waals surface area contributed by atoms with Gasteiger partial charge in [-0.15, -0.1) is 11.6 Å². The predicted octanol–water partition coefficient (Wildman–Crippen LogP) is 3.62. The molecule has 0 spiro atoms. The summed E-state index contributed by atoms with van der Waals surface area (Å²) < 4.78 is 0. The number of rotatable bonds is 2. The third kappa shape index (κ3) is 5.31. The summed E-state index contributed by atoms with van der Waals surface area (Å²) in [5, 5.41) is -0.414. The largest absolute Gasteiger partial charge is 0.748 e. The maximum Gasteiger partial charge on any atom is 0.126 e. The van der Waals surface area contributed by atoms with Gasteiger partial charge in [-0.05, 0) is 6.92 Å². The van der Waals surface area contributed by atoms with Crippen molar-refractivity contribution in [2.75, 3.05) is 0 Å². The molecule has 0 aliphatic heterocycles. The summed E-state index contributed by atoms with van der Waals surface area (Å²) >= 11 is 5.57. The Morgan fingerprint density at radius 3 is 1.81 bits per heavy atom. The molecule has 0 radical (unpaired) electrons. The van der Waals surface area contributed by atoms with E-state index in [1.54, 1.807) is 19.1 Å². The van der Waals surface area contributed by atoms with Crippen LogP contribution < -0.4 is 0 Å². The Kier molecular flexibility index (Phi) is 7.92. The molecular formula is C13H13ClFeO-6. The van der Waals surface area contributed by atoms with Crippen LogP contribution in [0.2, 0.25) is 0 Å². The van der Waals surface area contributed by atoms with Gasteiger partial charge in [-0.1, -0.05) is 5.56 Å². The van der Waals surface area contributed by atoms with Crippen molar-refractivity contribution in [1.29, 1.82) is 0 Å². The minimum atomic E-state index is -0.414. The topological polar surface area (TPSA) is 17.1 Å². The van der Waals surface area contributed by atoms with Crippen LogP contribution in [0.25, 0.3) is 0 Å². The number of carbonyl (C=O) groups is 1. The van der Waals surface area contributed by atoms with Crippen LogP contribution >= 0.6 is 11.6 Å². The fourth-order valence-electron chi connectivity index (χ4n) is 1.09. The van der Waals surface area contributed by atoms with Crippen molar-refractivity contribution in [1.82, 2.24) is 0 Å². The number of halogens is 1. The van der Waals surface area contributed by atoms with Crippen LogP contribution in [-0.2, 0) is 17.1 Å². The van der Waals surface area contributed by atoms with E-state index in [4.69, 9.17) is 11.6 Å². The SMILES string of the molecule is CC(Cl)C(=O)[c-]1cccc1.[Fe].[cH-]1[cH-][cH-][cH-][cH-]1. The summed E-state index contributed by atoms with van der Waals surface area (Å²) in [6, 6.07) is 17.2. The molecule has 1 unspecified atom stereocenters. The first-order valence-corrected chi connectivity index (χ1v) is 5.22. The molecule has 0 N–H and O–H groups in total. The van der Waals surface area contributed by atoms with Crippen molar-refractivity contribution in [3.63, 3.8) is 0 Å². The molecule has 1 atom stereocenters. The van der Waals surface area contributed by atoms with E-state index >= 15 is 0 Å². The summed E-state index contributed by atoms with van der Waals surface area (Å²) in [6.45, 7) is 1.68. The zero-order valence-electron chi connectivity index (χ0n) is 8.91. The first kappa shape index (κ1) is 15.2. The van der Waals surface area contributed by atoms with Crippen molar-refractivity contribution in [3.05, 3.63) is 60.2 Å².